The Hall–Kier alpha value is -2.70. The number of para-hydroxylation sites is 1. The van der Waals surface area contributed by atoms with Crippen LogP contribution in [0.4, 0.5) is 0 Å². The van der Waals surface area contributed by atoms with Crippen molar-refractivity contribution in [1.82, 2.24) is 24.8 Å². The lowest BCUT2D eigenvalue weighted by Gasteiger charge is -2.27. The predicted molar refractivity (Wildman–Crippen MR) is 91.7 cm³/mol. The molecule has 2 aromatic heterocycles. The summed E-state index contributed by atoms with van der Waals surface area (Å²) in [6, 6.07) is 7.80. The number of carbonyl (C=O) groups excluding carboxylic acids is 1. The molecular formula is C18H21N5O2. The van der Waals surface area contributed by atoms with Crippen molar-refractivity contribution in [2.75, 3.05) is 6.54 Å². The number of likely N-dealkylation sites (tertiary alicyclic amines) is 1. The zero-order valence-electron chi connectivity index (χ0n) is 14.3. The van der Waals surface area contributed by atoms with E-state index in [0.29, 0.717) is 11.7 Å². The highest BCUT2D eigenvalue weighted by Crippen LogP contribution is 2.29. The number of rotatable bonds is 3. The molecule has 0 aliphatic carbocycles. The Balaban J connectivity index is 1.59. The average molecular weight is 339 g/mol. The Bertz CT molecular complexity index is 884. The zero-order chi connectivity index (χ0) is 17.2. The molecule has 1 aromatic carbocycles. The van der Waals surface area contributed by atoms with Gasteiger partial charge in [0, 0.05) is 18.9 Å². The van der Waals surface area contributed by atoms with E-state index in [9.17, 15) is 4.79 Å². The molecule has 0 bridgehead atoms. The molecule has 1 aliphatic rings. The smallest absolute Gasteiger partial charge is 0.244 e. The van der Waals surface area contributed by atoms with E-state index in [1.54, 1.807) is 17.8 Å². The van der Waals surface area contributed by atoms with Gasteiger partial charge in [0.05, 0.1) is 17.8 Å². The zero-order valence-corrected chi connectivity index (χ0v) is 14.3. The van der Waals surface area contributed by atoms with Gasteiger partial charge in [-0.05, 0) is 18.9 Å². The highest BCUT2D eigenvalue weighted by atomic mass is 16.5. The van der Waals surface area contributed by atoms with Crippen molar-refractivity contribution >= 4 is 16.8 Å². The third-order valence-corrected chi connectivity index (χ3v) is 4.75. The van der Waals surface area contributed by atoms with Crippen LogP contribution in [0.15, 0.2) is 35.0 Å². The summed E-state index contributed by atoms with van der Waals surface area (Å²) >= 11 is 0. The van der Waals surface area contributed by atoms with Gasteiger partial charge >= 0.3 is 0 Å². The van der Waals surface area contributed by atoms with Gasteiger partial charge in [-0.3, -0.25) is 9.48 Å². The monoisotopic (exact) mass is 339 g/mol. The molecule has 1 atom stereocenters. The number of amides is 1. The van der Waals surface area contributed by atoms with Crippen molar-refractivity contribution in [2.24, 2.45) is 0 Å². The minimum atomic E-state index is -0.116. The van der Waals surface area contributed by atoms with Crippen LogP contribution in [0.5, 0.6) is 0 Å². The first-order chi connectivity index (χ1) is 12.2. The number of benzene rings is 1. The fraction of sp³-hybridized carbons (Fsp3) is 0.444. The van der Waals surface area contributed by atoms with Crippen molar-refractivity contribution in [1.29, 1.82) is 0 Å². The first-order valence-corrected chi connectivity index (χ1v) is 8.72. The maximum absolute atomic E-state index is 13.0. The summed E-state index contributed by atoms with van der Waals surface area (Å²) in [5, 5.41) is 9.47. The molecule has 4 rings (SSSR count). The summed E-state index contributed by atoms with van der Waals surface area (Å²) in [7, 11) is 0. The molecule has 1 saturated heterocycles. The van der Waals surface area contributed by atoms with Crippen LogP contribution in [0, 0.1) is 6.92 Å². The first kappa shape index (κ1) is 15.8. The lowest BCUT2D eigenvalue weighted by molar-refractivity contribution is -0.134. The molecule has 0 saturated carbocycles. The molecule has 3 aromatic rings. The second kappa shape index (κ2) is 6.66. The normalized spacial score (nSPS) is 18.4. The van der Waals surface area contributed by atoms with E-state index >= 15 is 0 Å². The Labute approximate surface area is 145 Å². The predicted octanol–water partition coefficient (Wildman–Crippen LogP) is 2.87. The molecule has 7 nitrogen and oxygen atoms in total. The Morgan fingerprint density at radius 1 is 1.28 bits per heavy atom. The van der Waals surface area contributed by atoms with Gasteiger partial charge in [-0.15, -0.1) is 0 Å². The molecule has 7 heteroatoms. The molecule has 3 heterocycles. The summed E-state index contributed by atoms with van der Waals surface area (Å²) in [6.07, 6.45) is 5.84. The largest absolute Gasteiger partial charge is 0.340 e. The minimum Gasteiger partial charge on any atom is -0.340 e. The van der Waals surface area contributed by atoms with Gasteiger partial charge in [-0.2, -0.15) is 10.1 Å². The Morgan fingerprint density at radius 3 is 3.00 bits per heavy atom. The standard InChI is InChI=1S/C18H21N5O2/c1-13-20-18(21-25-13)16-9-3-2-6-10-22(16)17(24)12-23-15-8-5-4-7-14(15)11-19-23/h4-5,7-8,11,16H,2-3,6,9-10,12H2,1H3/t16-/m1/s1. The number of aryl methyl sites for hydroxylation is 1. The summed E-state index contributed by atoms with van der Waals surface area (Å²) < 4.78 is 6.90. The number of carbonyl (C=O) groups is 1. The number of nitrogens with zero attached hydrogens (tertiary/aromatic N) is 5. The maximum atomic E-state index is 13.0. The lowest BCUT2D eigenvalue weighted by Crippen LogP contribution is -2.37. The molecule has 0 unspecified atom stereocenters. The van der Waals surface area contributed by atoms with Crippen LogP contribution in [0.2, 0.25) is 0 Å². The minimum absolute atomic E-state index is 0.0446. The summed E-state index contributed by atoms with van der Waals surface area (Å²) in [6.45, 7) is 2.71. The molecular weight excluding hydrogens is 318 g/mol. The van der Waals surface area contributed by atoms with Gasteiger partial charge in [0.1, 0.15) is 6.54 Å². The number of fused-ring (bicyclic) bond motifs is 1. The van der Waals surface area contributed by atoms with E-state index in [1.807, 2.05) is 29.2 Å². The first-order valence-electron chi connectivity index (χ1n) is 8.72. The van der Waals surface area contributed by atoms with Gasteiger partial charge in [-0.1, -0.05) is 36.2 Å². The number of hydrogen-bond acceptors (Lipinski definition) is 5. The SMILES string of the molecule is Cc1nc([C@H]2CCCCCN2C(=O)Cn2ncc3ccccc32)no1. The van der Waals surface area contributed by atoms with Gasteiger partial charge < -0.3 is 9.42 Å². The van der Waals surface area contributed by atoms with E-state index in [-0.39, 0.29) is 18.5 Å². The molecule has 1 amide bonds. The van der Waals surface area contributed by atoms with E-state index in [4.69, 9.17) is 4.52 Å². The van der Waals surface area contributed by atoms with Crippen molar-refractivity contribution in [3.05, 3.63) is 42.2 Å². The van der Waals surface area contributed by atoms with Gasteiger partial charge in [0.2, 0.25) is 11.8 Å². The van der Waals surface area contributed by atoms with Crippen LogP contribution in [0.1, 0.15) is 43.4 Å². The Morgan fingerprint density at radius 2 is 2.16 bits per heavy atom. The molecule has 0 radical (unpaired) electrons. The molecule has 0 spiro atoms. The molecule has 1 aliphatic heterocycles. The average Bonchev–Trinajstić information content (AvgIpc) is 3.14. The molecule has 25 heavy (non-hydrogen) atoms. The second-order valence-corrected chi connectivity index (χ2v) is 6.48. The molecule has 0 N–H and O–H groups in total. The van der Waals surface area contributed by atoms with Crippen LogP contribution in [0.3, 0.4) is 0 Å². The summed E-state index contributed by atoms with van der Waals surface area (Å²) in [5.74, 6) is 1.19. The Kier molecular flexibility index (Phi) is 4.21. The van der Waals surface area contributed by atoms with Crippen molar-refractivity contribution in [2.45, 2.75) is 45.2 Å². The van der Waals surface area contributed by atoms with Crippen molar-refractivity contribution in [3.63, 3.8) is 0 Å². The maximum Gasteiger partial charge on any atom is 0.244 e. The molecule has 130 valence electrons. The van der Waals surface area contributed by atoms with Gasteiger partial charge in [-0.25, -0.2) is 0 Å². The van der Waals surface area contributed by atoms with E-state index in [1.165, 1.54) is 0 Å². The van der Waals surface area contributed by atoms with E-state index in [2.05, 4.69) is 15.2 Å². The third-order valence-electron chi connectivity index (χ3n) is 4.75. The number of hydrogen-bond donors (Lipinski definition) is 0. The number of aromatic nitrogens is 4. The topological polar surface area (TPSA) is 77.1 Å². The summed E-state index contributed by atoms with van der Waals surface area (Å²) in [5.41, 5.74) is 0.970. The van der Waals surface area contributed by atoms with Crippen LogP contribution in [-0.2, 0) is 11.3 Å². The lowest BCUT2D eigenvalue weighted by atomic mass is 10.1. The second-order valence-electron chi connectivity index (χ2n) is 6.48. The highest BCUT2D eigenvalue weighted by molar-refractivity contribution is 5.82. The molecule has 1 fully saturated rings. The van der Waals surface area contributed by atoms with Gasteiger partial charge in [0.25, 0.3) is 0 Å². The van der Waals surface area contributed by atoms with Crippen LogP contribution < -0.4 is 0 Å². The van der Waals surface area contributed by atoms with Crippen molar-refractivity contribution < 1.29 is 9.32 Å². The van der Waals surface area contributed by atoms with E-state index in [0.717, 1.165) is 43.1 Å². The van der Waals surface area contributed by atoms with Gasteiger partial charge in [0.15, 0.2) is 5.82 Å². The summed E-state index contributed by atoms with van der Waals surface area (Å²) in [4.78, 5) is 19.3. The quantitative estimate of drug-likeness (QED) is 0.733. The fourth-order valence-electron chi connectivity index (χ4n) is 3.50. The van der Waals surface area contributed by atoms with Crippen LogP contribution in [0.25, 0.3) is 10.9 Å². The van der Waals surface area contributed by atoms with Crippen molar-refractivity contribution in [3.8, 4) is 0 Å². The van der Waals surface area contributed by atoms with E-state index < -0.39 is 0 Å². The fourth-order valence-corrected chi connectivity index (χ4v) is 3.50. The van der Waals surface area contributed by atoms with Crippen LogP contribution >= 0.6 is 0 Å². The van der Waals surface area contributed by atoms with Crippen LogP contribution in [-0.4, -0.2) is 37.3 Å². The highest BCUT2D eigenvalue weighted by Gasteiger charge is 2.30. The third kappa shape index (κ3) is 3.14.